The Morgan fingerprint density at radius 1 is 0.844 bits per heavy atom. The Morgan fingerprint density at radius 3 is 1.94 bits per heavy atom. The summed E-state index contributed by atoms with van der Waals surface area (Å²) in [6, 6.07) is 16.6. The van der Waals surface area contributed by atoms with Crippen LogP contribution < -0.4 is 0 Å². The second kappa shape index (κ2) is 8.12. The Bertz CT molecular complexity index is 948. The molecule has 0 N–H and O–H groups in total. The van der Waals surface area contributed by atoms with E-state index in [1.807, 2.05) is 42.5 Å². The monoisotopic (exact) mass is 455 g/mol. The molecule has 0 bridgehead atoms. The Labute approximate surface area is 182 Å². The van der Waals surface area contributed by atoms with E-state index in [0.717, 1.165) is 21.6 Å². The Kier molecular flexibility index (Phi) is 5.75. The van der Waals surface area contributed by atoms with Crippen LogP contribution >= 0.6 is 0 Å². The second-order valence-electron chi connectivity index (χ2n) is 8.89. The Morgan fingerprint density at radius 2 is 1.38 bits per heavy atom. The van der Waals surface area contributed by atoms with E-state index in [2.05, 4.69) is 0 Å². The molecule has 32 heavy (non-hydrogen) atoms. The van der Waals surface area contributed by atoms with Gasteiger partial charge in [-0.2, -0.15) is 26.3 Å². The quantitative estimate of drug-likeness (QED) is 0.552. The first-order valence-electron chi connectivity index (χ1n) is 10.5. The van der Waals surface area contributed by atoms with Crippen LogP contribution in [0.2, 0.25) is 0 Å². The van der Waals surface area contributed by atoms with Crippen molar-refractivity contribution in [3.05, 3.63) is 71.3 Å². The summed E-state index contributed by atoms with van der Waals surface area (Å²) in [5.74, 6) is -5.82. The summed E-state index contributed by atoms with van der Waals surface area (Å²) in [5, 5.41) is 0. The van der Waals surface area contributed by atoms with Crippen LogP contribution in [0.15, 0.2) is 54.6 Å². The summed E-state index contributed by atoms with van der Waals surface area (Å²) < 4.78 is 80.5. The van der Waals surface area contributed by atoms with E-state index in [0.29, 0.717) is 19.3 Å². The fraction of sp³-hybridized carbons (Fsp3) is 0.458. The van der Waals surface area contributed by atoms with Crippen molar-refractivity contribution in [1.82, 2.24) is 4.90 Å². The van der Waals surface area contributed by atoms with Gasteiger partial charge in [0.05, 0.1) is 17.3 Å². The summed E-state index contributed by atoms with van der Waals surface area (Å²) in [6.07, 6.45) is -8.57. The number of benzene rings is 2. The third kappa shape index (κ3) is 4.36. The number of aryl methyl sites for hydroxylation is 1. The first kappa shape index (κ1) is 22.7. The van der Waals surface area contributed by atoms with Crippen LogP contribution in [0.25, 0.3) is 0 Å². The van der Waals surface area contributed by atoms with E-state index >= 15 is 0 Å². The topological polar surface area (TPSA) is 20.3 Å². The van der Waals surface area contributed by atoms with Gasteiger partial charge >= 0.3 is 12.4 Å². The van der Waals surface area contributed by atoms with Gasteiger partial charge in [0.15, 0.2) is 0 Å². The lowest BCUT2D eigenvalue weighted by Crippen LogP contribution is -2.48. The normalized spacial score (nSPS) is 26.1. The van der Waals surface area contributed by atoms with Crippen LogP contribution in [-0.2, 0) is 24.1 Å². The number of alkyl halides is 6. The average molecular weight is 455 g/mol. The SMILES string of the molecule is O=C(N1CC(C(F)(F)F)C(C(F)(F)F)C1)C1(Cc2ccccc2)CCc2ccccc2C1. The number of fused-ring (bicyclic) bond motifs is 1. The van der Waals surface area contributed by atoms with Crippen LogP contribution in [0, 0.1) is 17.3 Å². The molecule has 1 heterocycles. The number of carbonyl (C=O) groups excluding carboxylic acids is 1. The molecule has 4 rings (SSSR count). The highest BCUT2D eigenvalue weighted by molar-refractivity contribution is 5.84. The van der Waals surface area contributed by atoms with Gasteiger partial charge in [0.25, 0.3) is 0 Å². The van der Waals surface area contributed by atoms with Gasteiger partial charge in [0.2, 0.25) is 5.91 Å². The fourth-order valence-electron chi connectivity index (χ4n) is 5.16. The Balaban J connectivity index is 1.68. The van der Waals surface area contributed by atoms with Crippen LogP contribution in [0.3, 0.4) is 0 Å². The molecule has 1 fully saturated rings. The Hall–Kier alpha value is -2.51. The van der Waals surface area contributed by atoms with E-state index in [9.17, 15) is 31.1 Å². The molecule has 2 aliphatic rings. The minimum atomic E-state index is -5.03. The highest BCUT2D eigenvalue weighted by Crippen LogP contribution is 2.48. The molecule has 8 heteroatoms. The number of hydrogen-bond acceptors (Lipinski definition) is 1. The van der Waals surface area contributed by atoms with Gasteiger partial charge in [0, 0.05) is 13.1 Å². The molecular weight excluding hydrogens is 432 g/mol. The molecule has 2 nitrogen and oxygen atoms in total. The first-order chi connectivity index (χ1) is 15.0. The maximum absolute atomic E-state index is 13.7. The molecule has 3 atom stereocenters. The summed E-state index contributed by atoms with van der Waals surface area (Å²) >= 11 is 0. The molecule has 0 radical (unpaired) electrons. The maximum atomic E-state index is 13.7. The predicted molar refractivity (Wildman–Crippen MR) is 107 cm³/mol. The lowest BCUT2D eigenvalue weighted by atomic mass is 9.67. The predicted octanol–water partition coefficient (Wildman–Crippen LogP) is 5.60. The zero-order valence-corrected chi connectivity index (χ0v) is 17.2. The summed E-state index contributed by atoms with van der Waals surface area (Å²) in [7, 11) is 0. The van der Waals surface area contributed by atoms with Crippen LogP contribution in [0.1, 0.15) is 23.1 Å². The van der Waals surface area contributed by atoms with E-state index in [-0.39, 0.29) is 6.42 Å². The van der Waals surface area contributed by atoms with Crippen molar-refractivity contribution in [2.45, 2.75) is 38.0 Å². The number of carbonyl (C=O) groups is 1. The number of hydrogen-bond donors (Lipinski definition) is 0. The highest BCUT2D eigenvalue weighted by atomic mass is 19.4. The molecule has 172 valence electrons. The van der Waals surface area contributed by atoms with Gasteiger partial charge in [-0.15, -0.1) is 0 Å². The minimum Gasteiger partial charge on any atom is -0.341 e. The van der Waals surface area contributed by atoms with E-state index in [4.69, 9.17) is 0 Å². The van der Waals surface area contributed by atoms with E-state index < -0.39 is 48.6 Å². The summed E-state index contributed by atoms with van der Waals surface area (Å²) in [6.45, 7) is -1.91. The van der Waals surface area contributed by atoms with Gasteiger partial charge in [-0.1, -0.05) is 54.6 Å². The van der Waals surface area contributed by atoms with Gasteiger partial charge in [0.1, 0.15) is 0 Å². The molecule has 0 spiro atoms. The van der Waals surface area contributed by atoms with Crippen LogP contribution in [0.4, 0.5) is 26.3 Å². The molecule has 0 saturated carbocycles. The largest absolute Gasteiger partial charge is 0.394 e. The number of amides is 1. The number of rotatable bonds is 3. The molecule has 1 amide bonds. The first-order valence-corrected chi connectivity index (χ1v) is 10.5. The number of nitrogens with zero attached hydrogens (tertiary/aromatic N) is 1. The molecule has 2 aromatic rings. The molecule has 2 aromatic carbocycles. The molecule has 0 aromatic heterocycles. The van der Waals surface area contributed by atoms with Crippen molar-refractivity contribution in [1.29, 1.82) is 0 Å². The van der Waals surface area contributed by atoms with E-state index in [1.165, 1.54) is 0 Å². The van der Waals surface area contributed by atoms with Gasteiger partial charge in [-0.3, -0.25) is 4.79 Å². The molecule has 3 unspecified atom stereocenters. The van der Waals surface area contributed by atoms with Crippen molar-refractivity contribution >= 4 is 5.91 Å². The number of halogens is 6. The van der Waals surface area contributed by atoms with Crippen molar-refractivity contribution in [2.24, 2.45) is 17.3 Å². The van der Waals surface area contributed by atoms with E-state index in [1.54, 1.807) is 12.1 Å². The molecule has 1 aliphatic carbocycles. The standard InChI is InChI=1S/C24H23F6NO/c25-23(26,27)19-14-31(15-20(19)24(28,29)30)21(32)22(12-16-6-2-1-3-7-16)11-10-17-8-4-5-9-18(17)13-22/h1-9,19-20H,10-15H2. The zero-order valence-electron chi connectivity index (χ0n) is 17.2. The summed E-state index contributed by atoms with van der Waals surface area (Å²) in [5.41, 5.74) is 1.74. The maximum Gasteiger partial charge on any atom is 0.394 e. The van der Waals surface area contributed by atoms with Crippen molar-refractivity contribution in [3.8, 4) is 0 Å². The number of likely N-dealkylation sites (tertiary alicyclic amines) is 1. The zero-order chi connectivity index (χ0) is 23.1. The van der Waals surface area contributed by atoms with Gasteiger partial charge in [-0.25, -0.2) is 0 Å². The smallest absolute Gasteiger partial charge is 0.341 e. The third-order valence-electron chi connectivity index (χ3n) is 6.81. The average Bonchev–Trinajstić information content (AvgIpc) is 3.20. The summed E-state index contributed by atoms with van der Waals surface area (Å²) in [4.78, 5) is 14.5. The lowest BCUT2D eigenvalue weighted by Gasteiger charge is -2.40. The fourth-order valence-corrected chi connectivity index (χ4v) is 5.16. The van der Waals surface area contributed by atoms with Crippen molar-refractivity contribution in [2.75, 3.05) is 13.1 Å². The van der Waals surface area contributed by atoms with Crippen molar-refractivity contribution in [3.63, 3.8) is 0 Å². The molecular formula is C24H23F6NO. The second-order valence-corrected chi connectivity index (χ2v) is 8.89. The van der Waals surface area contributed by atoms with Gasteiger partial charge < -0.3 is 4.90 Å². The van der Waals surface area contributed by atoms with Crippen LogP contribution in [-0.4, -0.2) is 36.2 Å². The third-order valence-corrected chi connectivity index (χ3v) is 6.81. The van der Waals surface area contributed by atoms with Gasteiger partial charge in [-0.05, 0) is 42.4 Å². The van der Waals surface area contributed by atoms with Crippen LogP contribution in [0.5, 0.6) is 0 Å². The van der Waals surface area contributed by atoms with Crippen molar-refractivity contribution < 1.29 is 31.1 Å². The highest BCUT2D eigenvalue weighted by Gasteiger charge is 2.61. The lowest BCUT2D eigenvalue weighted by molar-refractivity contribution is -0.239. The minimum absolute atomic E-state index is 0.269. The molecule has 1 saturated heterocycles. The molecule has 1 aliphatic heterocycles.